The molecule has 3 aromatic carbocycles. The van der Waals surface area contributed by atoms with E-state index >= 15 is 0 Å². The normalized spacial score (nSPS) is 14.3. The number of hydrogen-bond acceptors (Lipinski definition) is 3. The van der Waals surface area contributed by atoms with E-state index in [0.29, 0.717) is 12.2 Å². The van der Waals surface area contributed by atoms with Gasteiger partial charge in [0, 0.05) is 12.1 Å². The number of aryl methyl sites for hydroxylation is 1. The predicted molar refractivity (Wildman–Crippen MR) is 130 cm³/mol. The summed E-state index contributed by atoms with van der Waals surface area (Å²) in [6, 6.07) is 22.6. The van der Waals surface area contributed by atoms with Crippen LogP contribution in [0, 0.1) is 13.8 Å². The monoisotopic (exact) mass is 428 g/mol. The minimum Gasteiger partial charge on any atom is -0.492 e. The molecule has 1 amide bonds. The minimum atomic E-state index is -0.291. The summed E-state index contributed by atoms with van der Waals surface area (Å²) in [7, 11) is 4.03. The van der Waals surface area contributed by atoms with Gasteiger partial charge in [-0.05, 0) is 80.7 Å². The number of benzene rings is 3. The molecular weight excluding hydrogens is 396 g/mol. The number of ether oxygens (including phenoxy) is 1. The molecule has 0 atom stereocenters. The molecule has 1 saturated carbocycles. The molecule has 0 saturated heterocycles. The third-order valence-electron chi connectivity index (χ3n) is 6.30. The zero-order valence-electron chi connectivity index (χ0n) is 19.4. The fourth-order valence-corrected chi connectivity index (χ4v) is 4.24. The Kier molecular flexibility index (Phi) is 6.33. The summed E-state index contributed by atoms with van der Waals surface area (Å²) < 4.78 is 5.86. The van der Waals surface area contributed by atoms with Crippen molar-refractivity contribution < 1.29 is 9.53 Å². The molecule has 4 nitrogen and oxygen atoms in total. The van der Waals surface area contributed by atoms with Crippen molar-refractivity contribution in [3.8, 4) is 16.9 Å². The first-order chi connectivity index (χ1) is 15.4. The Labute approximate surface area is 191 Å². The predicted octanol–water partition coefficient (Wildman–Crippen LogP) is 5.33. The standard InChI is InChI=1S/C28H32N2O2/c1-20-13-14-23(32-18-17-30(3)4)19-25(20)27(31)29-28(15-16-28)26-12-8-11-24(21(26)2)22-9-6-5-7-10-22/h5-14,19H,15-18H2,1-4H3,(H,29,31). The Balaban J connectivity index is 1.56. The highest BCUT2D eigenvalue weighted by molar-refractivity contribution is 5.97. The maximum atomic E-state index is 13.3. The van der Waals surface area contributed by atoms with Crippen molar-refractivity contribution in [3.63, 3.8) is 0 Å². The maximum absolute atomic E-state index is 13.3. The van der Waals surface area contributed by atoms with Crippen molar-refractivity contribution in [2.75, 3.05) is 27.2 Å². The molecule has 3 aromatic rings. The molecule has 0 aliphatic heterocycles. The van der Waals surface area contributed by atoms with Crippen LogP contribution in [0.1, 0.15) is 39.9 Å². The summed E-state index contributed by atoms with van der Waals surface area (Å²) in [6.07, 6.45) is 1.91. The van der Waals surface area contributed by atoms with Gasteiger partial charge in [-0.2, -0.15) is 0 Å². The lowest BCUT2D eigenvalue weighted by molar-refractivity contribution is 0.0929. The molecule has 0 unspecified atom stereocenters. The van der Waals surface area contributed by atoms with Crippen LogP contribution in [-0.2, 0) is 5.54 Å². The number of likely N-dealkylation sites (N-methyl/N-ethyl adjacent to an activating group) is 1. The van der Waals surface area contributed by atoms with Gasteiger partial charge >= 0.3 is 0 Å². The Morgan fingerprint density at radius 1 is 1.00 bits per heavy atom. The highest BCUT2D eigenvalue weighted by Crippen LogP contribution is 2.48. The summed E-state index contributed by atoms with van der Waals surface area (Å²) >= 11 is 0. The summed E-state index contributed by atoms with van der Waals surface area (Å²) in [5.41, 5.74) is 6.20. The van der Waals surface area contributed by atoms with E-state index in [-0.39, 0.29) is 11.4 Å². The number of carbonyl (C=O) groups is 1. The molecule has 0 bridgehead atoms. The fraction of sp³-hybridized carbons (Fsp3) is 0.321. The zero-order valence-corrected chi connectivity index (χ0v) is 19.4. The number of rotatable bonds is 8. The van der Waals surface area contributed by atoms with Gasteiger partial charge in [0.05, 0.1) is 5.54 Å². The first-order valence-electron chi connectivity index (χ1n) is 11.3. The number of hydrogen-bond donors (Lipinski definition) is 1. The van der Waals surface area contributed by atoms with Gasteiger partial charge in [0.25, 0.3) is 5.91 Å². The molecule has 1 aliphatic carbocycles. The van der Waals surface area contributed by atoms with Crippen LogP contribution in [0.4, 0.5) is 0 Å². The van der Waals surface area contributed by atoms with Gasteiger partial charge in [0.1, 0.15) is 12.4 Å². The van der Waals surface area contributed by atoms with Crippen molar-refractivity contribution in [3.05, 3.63) is 89.0 Å². The second-order valence-electron chi connectivity index (χ2n) is 9.01. The Hall–Kier alpha value is -3.11. The lowest BCUT2D eigenvalue weighted by Crippen LogP contribution is -2.35. The van der Waals surface area contributed by atoms with Gasteiger partial charge in [-0.15, -0.1) is 0 Å². The van der Waals surface area contributed by atoms with Crippen molar-refractivity contribution in [1.82, 2.24) is 10.2 Å². The number of nitrogens with one attached hydrogen (secondary N) is 1. The van der Waals surface area contributed by atoms with Gasteiger partial charge in [-0.25, -0.2) is 0 Å². The van der Waals surface area contributed by atoms with E-state index in [1.165, 1.54) is 22.3 Å². The van der Waals surface area contributed by atoms with Crippen molar-refractivity contribution in [2.45, 2.75) is 32.2 Å². The largest absolute Gasteiger partial charge is 0.492 e. The quantitative estimate of drug-likeness (QED) is 0.527. The van der Waals surface area contributed by atoms with Crippen LogP contribution in [0.15, 0.2) is 66.7 Å². The van der Waals surface area contributed by atoms with Gasteiger partial charge in [0.15, 0.2) is 0 Å². The molecule has 0 radical (unpaired) electrons. The Bertz CT molecular complexity index is 1100. The summed E-state index contributed by atoms with van der Waals surface area (Å²) in [6.45, 7) is 5.55. The molecule has 1 aliphatic rings. The van der Waals surface area contributed by atoms with Gasteiger partial charge < -0.3 is 15.0 Å². The van der Waals surface area contributed by atoms with Gasteiger partial charge in [-0.1, -0.05) is 54.6 Å². The van der Waals surface area contributed by atoms with Crippen LogP contribution in [0.5, 0.6) is 5.75 Å². The molecule has 0 heterocycles. The Morgan fingerprint density at radius 3 is 2.44 bits per heavy atom. The van der Waals surface area contributed by atoms with Crippen LogP contribution in [0.3, 0.4) is 0 Å². The topological polar surface area (TPSA) is 41.6 Å². The van der Waals surface area contributed by atoms with Crippen molar-refractivity contribution in [1.29, 1.82) is 0 Å². The first-order valence-corrected chi connectivity index (χ1v) is 11.3. The summed E-state index contributed by atoms with van der Waals surface area (Å²) in [5, 5.41) is 3.36. The van der Waals surface area contributed by atoms with Gasteiger partial charge in [-0.3, -0.25) is 4.79 Å². The second kappa shape index (κ2) is 9.17. The highest BCUT2D eigenvalue weighted by atomic mass is 16.5. The third-order valence-corrected chi connectivity index (χ3v) is 6.30. The lowest BCUT2D eigenvalue weighted by Gasteiger charge is -2.23. The van der Waals surface area contributed by atoms with E-state index in [2.05, 4.69) is 59.6 Å². The van der Waals surface area contributed by atoms with E-state index in [1.807, 2.05) is 45.3 Å². The molecular formula is C28H32N2O2. The first kappa shape index (κ1) is 22.1. The molecule has 0 aromatic heterocycles. The van der Waals surface area contributed by atoms with E-state index < -0.39 is 0 Å². The summed E-state index contributed by atoms with van der Waals surface area (Å²) in [5.74, 6) is 0.692. The lowest BCUT2D eigenvalue weighted by atomic mass is 9.91. The number of amides is 1. The van der Waals surface area contributed by atoms with Crippen molar-refractivity contribution >= 4 is 5.91 Å². The smallest absolute Gasteiger partial charge is 0.252 e. The van der Waals surface area contributed by atoms with E-state index in [9.17, 15) is 4.79 Å². The molecule has 1 fully saturated rings. The third kappa shape index (κ3) is 4.71. The van der Waals surface area contributed by atoms with Crippen molar-refractivity contribution in [2.24, 2.45) is 0 Å². The molecule has 4 rings (SSSR count). The average Bonchev–Trinajstić information content (AvgIpc) is 3.55. The van der Waals surface area contributed by atoms with Crippen LogP contribution >= 0.6 is 0 Å². The summed E-state index contributed by atoms with van der Waals surface area (Å²) in [4.78, 5) is 15.4. The molecule has 0 spiro atoms. The highest BCUT2D eigenvalue weighted by Gasteiger charge is 2.47. The molecule has 1 N–H and O–H groups in total. The van der Waals surface area contributed by atoms with E-state index in [4.69, 9.17) is 4.74 Å². The average molecular weight is 429 g/mol. The Morgan fingerprint density at radius 2 is 1.75 bits per heavy atom. The molecule has 4 heteroatoms. The van der Waals surface area contributed by atoms with Crippen LogP contribution < -0.4 is 10.1 Å². The molecule has 166 valence electrons. The maximum Gasteiger partial charge on any atom is 0.252 e. The zero-order chi connectivity index (χ0) is 22.7. The minimum absolute atomic E-state index is 0.0393. The van der Waals surface area contributed by atoms with Gasteiger partial charge in [0.2, 0.25) is 0 Å². The molecule has 32 heavy (non-hydrogen) atoms. The van der Waals surface area contributed by atoms with Crippen LogP contribution in [0.2, 0.25) is 0 Å². The SMILES string of the molecule is Cc1ccc(OCCN(C)C)cc1C(=O)NC1(c2cccc(-c3ccccc3)c2C)CC1. The number of nitrogens with zero attached hydrogens (tertiary/aromatic N) is 1. The van der Waals surface area contributed by atoms with E-state index in [0.717, 1.165) is 30.7 Å². The number of carbonyl (C=O) groups excluding carboxylic acids is 1. The van der Waals surface area contributed by atoms with E-state index in [1.54, 1.807) is 0 Å². The fourth-order valence-electron chi connectivity index (χ4n) is 4.24. The van der Waals surface area contributed by atoms with Crippen LogP contribution in [0.25, 0.3) is 11.1 Å². The second-order valence-corrected chi connectivity index (χ2v) is 9.01. The van der Waals surface area contributed by atoms with Crippen LogP contribution in [-0.4, -0.2) is 38.1 Å².